The van der Waals surface area contributed by atoms with Crippen molar-refractivity contribution in [3.05, 3.63) is 80.5 Å². The highest BCUT2D eigenvalue weighted by Crippen LogP contribution is 2.38. The topological polar surface area (TPSA) is 50.7 Å². The number of halogens is 4. The molecule has 8 heteroatoms. The lowest BCUT2D eigenvalue weighted by Crippen LogP contribution is -2.03. The summed E-state index contributed by atoms with van der Waals surface area (Å²) in [5, 5.41) is 13.5. The number of hydrogen-bond donors (Lipinski definition) is 2. The van der Waals surface area contributed by atoms with Gasteiger partial charge in [-0.25, -0.2) is 4.39 Å². The van der Waals surface area contributed by atoms with Crippen LogP contribution in [0.4, 0.5) is 10.1 Å². The SMILES string of the molecule is COc1cc(CNc2cc(Cl)c(O)c(Cl)c2)cc(Cl)c1OCc1ccc(F)cc1. The Morgan fingerprint density at radius 3 is 2.21 bits per heavy atom. The largest absolute Gasteiger partial charge is 0.505 e. The zero-order chi connectivity index (χ0) is 21.0. The van der Waals surface area contributed by atoms with Crippen molar-refractivity contribution >= 4 is 40.5 Å². The van der Waals surface area contributed by atoms with Crippen LogP contribution in [-0.2, 0) is 13.2 Å². The first-order chi connectivity index (χ1) is 13.9. The normalized spacial score (nSPS) is 10.7. The van der Waals surface area contributed by atoms with Crippen molar-refractivity contribution in [2.45, 2.75) is 13.2 Å². The van der Waals surface area contributed by atoms with E-state index in [1.165, 1.54) is 19.2 Å². The fraction of sp³-hybridized carbons (Fsp3) is 0.143. The summed E-state index contributed by atoms with van der Waals surface area (Å²) in [6.45, 7) is 0.629. The van der Waals surface area contributed by atoms with Crippen molar-refractivity contribution in [3.63, 3.8) is 0 Å². The van der Waals surface area contributed by atoms with Crippen LogP contribution in [0.2, 0.25) is 15.1 Å². The van der Waals surface area contributed by atoms with Gasteiger partial charge in [0.05, 0.1) is 22.2 Å². The number of methoxy groups -OCH3 is 1. The molecule has 0 bridgehead atoms. The molecule has 0 amide bonds. The summed E-state index contributed by atoms with van der Waals surface area (Å²) in [7, 11) is 1.52. The summed E-state index contributed by atoms with van der Waals surface area (Å²) in [5.74, 6) is 0.403. The lowest BCUT2D eigenvalue weighted by Gasteiger charge is -2.15. The number of benzene rings is 3. The summed E-state index contributed by atoms with van der Waals surface area (Å²) in [6.07, 6.45) is 0. The molecular formula is C21H17Cl3FNO3. The maximum atomic E-state index is 13.0. The van der Waals surface area contributed by atoms with Crippen LogP contribution >= 0.6 is 34.8 Å². The van der Waals surface area contributed by atoms with Crippen LogP contribution < -0.4 is 14.8 Å². The average Bonchev–Trinajstić information content (AvgIpc) is 2.70. The zero-order valence-corrected chi connectivity index (χ0v) is 17.6. The van der Waals surface area contributed by atoms with Gasteiger partial charge in [0.1, 0.15) is 12.4 Å². The fourth-order valence-electron chi connectivity index (χ4n) is 2.62. The van der Waals surface area contributed by atoms with Gasteiger partial charge in [-0.05, 0) is 47.5 Å². The van der Waals surface area contributed by atoms with Crippen LogP contribution in [-0.4, -0.2) is 12.2 Å². The fourth-order valence-corrected chi connectivity index (χ4v) is 3.40. The van der Waals surface area contributed by atoms with Crippen LogP contribution in [0.15, 0.2) is 48.5 Å². The molecule has 0 spiro atoms. The van der Waals surface area contributed by atoms with Gasteiger partial charge in [-0.2, -0.15) is 0 Å². The van der Waals surface area contributed by atoms with Crippen LogP contribution in [0.5, 0.6) is 17.2 Å². The van der Waals surface area contributed by atoms with Gasteiger partial charge < -0.3 is 19.9 Å². The smallest absolute Gasteiger partial charge is 0.180 e. The molecule has 0 aliphatic carbocycles. The molecule has 0 atom stereocenters. The molecule has 0 saturated heterocycles. The average molecular weight is 457 g/mol. The number of ether oxygens (including phenoxy) is 2. The van der Waals surface area contributed by atoms with E-state index in [0.29, 0.717) is 28.8 Å². The minimum absolute atomic E-state index is 0.153. The third kappa shape index (κ3) is 5.38. The van der Waals surface area contributed by atoms with Crippen molar-refractivity contribution in [1.82, 2.24) is 0 Å². The molecule has 0 radical (unpaired) electrons. The second kappa shape index (κ2) is 9.44. The van der Waals surface area contributed by atoms with Gasteiger partial charge in [-0.1, -0.05) is 46.9 Å². The van der Waals surface area contributed by atoms with Gasteiger partial charge >= 0.3 is 0 Å². The van der Waals surface area contributed by atoms with E-state index in [-0.39, 0.29) is 28.2 Å². The van der Waals surface area contributed by atoms with Crippen molar-refractivity contribution in [1.29, 1.82) is 0 Å². The van der Waals surface area contributed by atoms with Gasteiger partial charge in [0.15, 0.2) is 17.2 Å². The first kappa shape index (κ1) is 21.4. The molecular weight excluding hydrogens is 440 g/mol. The minimum Gasteiger partial charge on any atom is -0.505 e. The van der Waals surface area contributed by atoms with Crippen molar-refractivity contribution in [3.8, 4) is 17.2 Å². The Morgan fingerprint density at radius 1 is 0.931 bits per heavy atom. The number of nitrogens with one attached hydrogen (secondary N) is 1. The summed E-state index contributed by atoms with van der Waals surface area (Å²) >= 11 is 18.3. The van der Waals surface area contributed by atoms with Crippen LogP contribution in [0.1, 0.15) is 11.1 Å². The maximum Gasteiger partial charge on any atom is 0.180 e. The van der Waals surface area contributed by atoms with E-state index in [1.54, 1.807) is 36.4 Å². The second-order valence-corrected chi connectivity index (χ2v) is 7.39. The Kier molecular flexibility index (Phi) is 6.96. The van der Waals surface area contributed by atoms with Crippen LogP contribution in [0, 0.1) is 5.82 Å². The Balaban J connectivity index is 1.73. The molecule has 0 aromatic heterocycles. The first-order valence-electron chi connectivity index (χ1n) is 8.53. The Labute approximate surface area is 182 Å². The molecule has 3 aromatic rings. The molecule has 0 saturated carbocycles. The number of phenolic OH excluding ortho intramolecular Hbond substituents is 1. The summed E-state index contributed by atoms with van der Waals surface area (Å²) < 4.78 is 24.2. The maximum absolute atomic E-state index is 13.0. The summed E-state index contributed by atoms with van der Waals surface area (Å²) in [5.41, 5.74) is 2.28. The van der Waals surface area contributed by atoms with Crippen molar-refractivity contribution < 1.29 is 19.0 Å². The predicted octanol–water partition coefficient (Wildman–Crippen LogP) is 6.69. The van der Waals surface area contributed by atoms with Crippen molar-refractivity contribution in [2.24, 2.45) is 0 Å². The molecule has 0 heterocycles. The Bertz CT molecular complexity index is 990. The van der Waals surface area contributed by atoms with Gasteiger partial charge in [-0.15, -0.1) is 0 Å². The standard InChI is InChI=1S/C21H17Cl3FNO3/c1-28-19-7-13(10-26-15-8-16(22)20(27)17(23)9-15)6-18(24)21(19)29-11-12-2-4-14(25)5-3-12/h2-9,26-27H,10-11H2,1H3. The third-order valence-corrected chi connectivity index (χ3v) is 4.96. The molecule has 0 unspecified atom stereocenters. The molecule has 3 rings (SSSR count). The number of hydrogen-bond acceptors (Lipinski definition) is 4. The summed E-state index contributed by atoms with van der Waals surface area (Å²) in [4.78, 5) is 0. The number of rotatable bonds is 7. The molecule has 0 fully saturated rings. The molecule has 4 nitrogen and oxygen atoms in total. The minimum atomic E-state index is -0.308. The third-order valence-electron chi connectivity index (χ3n) is 4.10. The van der Waals surface area contributed by atoms with Crippen LogP contribution in [0.3, 0.4) is 0 Å². The van der Waals surface area contributed by atoms with E-state index < -0.39 is 0 Å². The Morgan fingerprint density at radius 2 is 1.59 bits per heavy atom. The van der Waals surface area contributed by atoms with E-state index in [0.717, 1.165) is 11.1 Å². The van der Waals surface area contributed by atoms with Crippen molar-refractivity contribution in [2.75, 3.05) is 12.4 Å². The monoisotopic (exact) mass is 455 g/mol. The molecule has 2 N–H and O–H groups in total. The van der Waals surface area contributed by atoms with Gasteiger partial charge in [0.25, 0.3) is 0 Å². The number of aromatic hydroxyl groups is 1. The van der Waals surface area contributed by atoms with Crippen LogP contribution in [0.25, 0.3) is 0 Å². The number of anilines is 1. The first-order valence-corrected chi connectivity index (χ1v) is 9.66. The second-order valence-electron chi connectivity index (χ2n) is 6.17. The van der Waals surface area contributed by atoms with E-state index >= 15 is 0 Å². The lowest BCUT2D eigenvalue weighted by atomic mass is 10.2. The van der Waals surface area contributed by atoms with Gasteiger partial charge in [-0.3, -0.25) is 0 Å². The predicted molar refractivity (Wildman–Crippen MR) is 114 cm³/mol. The van der Waals surface area contributed by atoms with E-state index in [1.807, 2.05) is 0 Å². The Hall–Kier alpha value is -2.34. The van der Waals surface area contributed by atoms with E-state index in [4.69, 9.17) is 44.3 Å². The number of phenols is 1. The van der Waals surface area contributed by atoms with E-state index in [2.05, 4.69) is 5.32 Å². The van der Waals surface area contributed by atoms with Gasteiger partial charge in [0, 0.05) is 12.2 Å². The lowest BCUT2D eigenvalue weighted by molar-refractivity contribution is 0.284. The molecule has 0 aliphatic heterocycles. The molecule has 29 heavy (non-hydrogen) atoms. The highest BCUT2D eigenvalue weighted by molar-refractivity contribution is 6.37. The summed E-state index contributed by atoms with van der Waals surface area (Å²) in [6, 6.07) is 12.7. The highest BCUT2D eigenvalue weighted by Gasteiger charge is 2.13. The highest BCUT2D eigenvalue weighted by atomic mass is 35.5. The molecule has 152 valence electrons. The molecule has 0 aliphatic rings. The molecule has 3 aromatic carbocycles. The zero-order valence-electron chi connectivity index (χ0n) is 15.3. The van der Waals surface area contributed by atoms with Gasteiger partial charge in [0.2, 0.25) is 0 Å². The quantitative estimate of drug-likeness (QED) is 0.389. The van der Waals surface area contributed by atoms with E-state index in [9.17, 15) is 9.50 Å².